The lowest BCUT2D eigenvalue weighted by Crippen LogP contribution is -2.26. The first-order chi connectivity index (χ1) is 12.2. The molecule has 8 nitrogen and oxygen atoms in total. The van der Waals surface area contributed by atoms with E-state index in [1.165, 1.54) is 24.0 Å². The summed E-state index contributed by atoms with van der Waals surface area (Å²) < 4.78 is 36.3. The van der Waals surface area contributed by atoms with Crippen molar-refractivity contribution in [3.05, 3.63) is 12.3 Å². The summed E-state index contributed by atoms with van der Waals surface area (Å²) in [4.78, 5) is 15.5. The molecule has 0 aromatic carbocycles. The molecule has 1 unspecified atom stereocenters. The highest BCUT2D eigenvalue weighted by Gasteiger charge is 2.26. The number of nitrogens with two attached hydrogens (primary N) is 2. The number of nitrogens with one attached hydrogen (secondary N) is 1. The molecule has 13 heteroatoms. The Balaban J connectivity index is 2.46. The fraction of sp³-hybridized carbons (Fsp3) is 0.462. The average molecular weight is 407 g/mol. The lowest BCUT2D eigenvalue weighted by Gasteiger charge is -2.07. The number of halogens is 3. The van der Waals surface area contributed by atoms with Gasteiger partial charge in [0.05, 0.1) is 0 Å². The van der Waals surface area contributed by atoms with Gasteiger partial charge in [0.25, 0.3) is 0 Å². The van der Waals surface area contributed by atoms with Crippen LogP contribution in [0.2, 0.25) is 0 Å². The molecule has 1 atom stereocenters. The maximum Gasteiger partial charge on any atom is 0.408 e. The molecule has 0 fully saturated rings. The molecule has 1 aromatic rings. The lowest BCUT2D eigenvalue weighted by molar-refractivity contribution is -0.118. The molecule has 0 bridgehead atoms. The number of guanidine groups is 1. The molecule has 0 aliphatic rings. The number of nitriles is 1. The standard InChI is InChI=1S/C13H18F3N8S2/c1-26(8-17)11(19)20-4-2-6-25-12-21-5-3-9(24-12)23-10(18)22-7-13(14,15)16/h3,5H,2,4,6-7H2,1H3,(H2,19,20)(H3,18,21,22,23,24)/q+1. The van der Waals surface area contributed by atoms with Gasteiger partial charge in [-0.25, -0.2) is 20.0 Å². The predicted molar refractivity (Wildman–Crippen MR) is 98.9 cm³/mol. The summed E-state index contributed by atoms with van der Waals surface area (Å²) in [7, 11) is -0.680. The first kappa shape index (κ1) is 21.8. The van der Waals surface area contributed by atoms with Gasteiger partial charge in [-0.15, -0.1) is 5.26 Å². The number of amidine groups is 1. The number of thioether (sulfide) groups is 1. The molecule has 1 aromatic heterocycles. The molecule has 142 valence electrons. The summed E-state index contributed by atoms with van der Waals surface area (Å²) in [5.74, 6) is 0.522. The number of alkyl halides is 3. The van der Waals surface area contributed by atoms with Crippen LogP contribution in [-0.2, 0) is 10.9 Å². The third kappa shape index (κ3) is 9.33. The van der Waals surface area contributed by atoms with Gasteiger partial charge in [-0.1, -0.05) is 11.8 Å². The SMILES string of the molecule is C[S+](C#N)C(N)=NCCCSc1nccc(NC(N)=NCC(F)(F)F)n1. The van der Waals surface area contributed by atoms with E-state index < -0.39 is 23.6 Å². The first-order valence-corrected chi connectivity index (χ1v) is 9.78. The fourth-order valence-electron chi connectivity index (χ4n) is 1.39. The minimum atomic E-state index is -4.42. The number of hydrogen-bond acceptors (Lipinski definition) is 6. The first-order valence-electron chi connectivity index (χ1n) is 7.16. The van der Waals surface area contributed by atoms with Crippen LogP contribution in [0.4, 0.5) is 19.0 Å². The Morgan fingerprint density at radius 1 is 1.42 bits per heavy atom. The summed E-state index contributed by atoms with van der Waals surface area (Å²) >= 11 is 1.35. The summed E-state index contributed by atoms with van der Waals surface area (Å²) in [5.41, 5.74) is 11.0. The van der Waals surface area contributed by atoms with E-state index in [0.29, 0.717) is 29.0 Å². The molecule has 0 radical (unpaired) electrons. The molecular weight excluding hydrogens is 389 g/mol. The van der Waals surface area contributed by atoms with E-state index in [2.05, 4.69) is 25.3 Å². The highest BCUT2D eigenvalue weighted by Crippen LogP contribution is 2.16. The van der Waals surface area contributed by atoms with Crippen molar-refractivity contribution >= 4 is 39.6 Å². The number of rotatable bonds is 7. The summed E-state index contributed by atoms with van der Waals surface area (Å²) in [6.45, 7) is -0.889. The molecule has 0 spiro atoms. The van der Waals surface area contributed by atoms with Gasteiger partial charge in [-0.2, -0.15) is 13.2 Å². The Hall–Kier alpha value is -2.20. The molecule has 0 saturated heterocycles. The quantitative estimate of drug-likeness (QED) is 0.118. The van der Waals surface area contributed by atoms with Gasteiger partial charge >= 0.3 is 16.7 Å². The second-order valence-corrected chi connectivity index (χ2v) is 7.37. The van der Waals surface area contributed by atoms with Crippen LogP contribution in [0, 0.1) is 10.7 Å². The van der Waals surface area contributed by atoms with Crippen LogP contribution >= 0.6 is 11.8 Å². The van der Waals surface area contributed by atoms with Gasteiger partial charge in [0.1, 0.15) is 18.6 Å². The normalized spacial score (nSPS) is 14.0. The largest absolute Gasteiger partial charge is 0.408 e. The second kappa shape index (κ2) is 10.7. The van der Waals surface area contributed by atoms with Crippen molar-refractivity contribution in [2.45, 2.75) is 17.8 Å². The van der Waals surface area contributed by atoms with Crippen molar-refractivity contribution in [3.8, 4) is 5.40 Å². The monoisotopic (exact) mass is 407 g/mol. The molecular formula is C13H18F3N8S2+. The van der Waals surface area contributed by atoms with Crippen molar-refractivity contribution in [1.82, 2.24) is 9.97 Å². The van der Waals surface area contributed by atoms with Gasteiger partial charge in [-0.05, 0) is 12.5 Å². The number of hydrogen-bond donors (Lipinski definition) is 3. The van der Waals surface area contributed by atoms with E-state index in [1.807, 2.05) is 5.40 Å². The molecule has 1 rings (SSSR count). The van der Waals surface area contributed by atoms with E-state index in [0.717, 1.165) is 0 Å². The Morgan fingerprint density at radius 2 is 2.15 bits per heavy atom. The topological polar surface area (TPSA) is 138 Å². The molecule has 0 aliphatic heterocycles. The zero-order valence-corrected chi connectivity index (χ0v) is 15.5. The minimum Gasteiger partial charge on any atom is -0.370 e. The Labute approximate surface area is 155 Å². The number of nitrogens with zero attached hydrogens (tertiary/aromatic N) is 5. The van der Waals surface area contributed by atoms with Crippen LogP contribution in [0.3, 0.4) is 0 Å². The summed E-state index contributed by atoms with van der Waals surface area (Å²) in [6.07, 6.45) is -0.565. The van der Waals surface area contributed by atoms with Crippen LogP contribution < -0.4 is 16.8 Å². The highest BCUT2D eigenvalue weighted by atomic mass is 32.2. The van der Waals surface area contributed by atoms with Gasteiger partial charge < -0.3 is 16.8 Å². The van der Waals surface area contributed by atoms with E-state index >= 15 is 0 Å². The van der Waals surface area contributed by atoms with E-state index in [4.69, 9.17) is 16.7 Å². The maximum absolute atomic E-state index is 12.1. The zero-order valence-electron chi connectivity index (χ0n) is 13.8. The van der Waals surface area contributed by atoms with Gasteiger partial charge in [0.15, 0.2) is 22.0 Å². The van der Waals surface area contributed by atoms with Crippen molar-refractivity contribution in [1.29, 1.82) is 5.26 Å². The number of anilines is 1. The van der Waals surface area contributed by atoms with Crippen LogP contribution in [0.15, 0.2) is 27.4 Å². The van der Waals surface area contributed by atoms with Crippen molar-refractivity contribution in [2.75, 3.05) is 30.4 Å². The van der Waals surface area contributed by atoms with Crippen LogP contribution in [-0.4, -0.2) is 52.4 Å². The Morgan fingerprint density at radius 3 is 2.81 bits per heavy atom. The molecule has 26 heavy (non-hydrogen) atoms. The van der Waals surface area contributed by atoms with E-state index in [9.17, 15) is 13.2 Å². The van der Waals surface area contributed by atoms with E-state index in [-0.39, 0.29) is 11.8 Å². The van der Waals surface area contributed by atoms with Crippen molar-refractivity contribution < 1.29 is 13.2 Å². The minimum absolute atomic E-state index is 0.247. The zero-order chi connectivity index (χ0) is 19.6. The van der Waals surface area contributed by atoms with Crippen LogP contribution in [0.25, 0.3) is 0 Å². The highest BCUT2D eigenvalue weighted by molar-refractivity contribution is 8.14. The summed E-state index contributed by atoms with van der Waals surface area (Å²) in [5, 5.41) is 14.0. The number of thiocyanates is 1. The van der Waals surface area contributed by atoms with Crippen LogP contribution in [0.5, 0.6) is 0 Å². The average Bonchev–Trinajstić information content (AvgIpc) is 2.58. The van der Waals surface area contributed by atoms with Gasteiger partial charge in [0, 0.05) is 18.5 Å². The molecule has 0 amide bonds. The molecule has 0 saturated carbocycles. The van der Waals surface area contributed by atoms with E-state index in [1.54, 1.807) is 6.26 Å². The van der Waals surface area contributed by atoms with Gasteiger partial charge in [0.2, 0.25) is 0 Å². The van der Waals surface area contributed by atoms with Gasteiger partial charge in [-0.3, -0.25) is 0 Å². The third-order valence-electron chi connectivity index (χ3n) is 2.57. The molecule has 1 heterocycles. The fourth-order valence-corrected chi connectivity index (χ4v) is 2.52. The lowest BCUT2D eigenvalue weighted by atomic mass is 10.5. The smallest absolute Gasteiger partial charge is 0.370 e. The predicted octanol–water partition coefficient (Wildman–Crippen LogP) is 1.29. The van der Waals surface area contributed by atoms with Crippen molar-refractivity contribution in [3.63, 3.8) is 0 Å². The number of aliphatic imine (C=N–C) groups is 2. The molecule has 5 N–H and O–H groups in total. The molecule has 0 aliphatic carbocycles. The van der Waals surface area contributed by atoms with Crippen molar-refractivity contribution in [2.24, 2.45) is 21.5 Å². The number of aromatic nitrogens is 2. The second-order valence-electron chi connectivity index (χ2n) is 4.69. The third-order valence-corrected chi connectivity index (χ3v) is 4.55. The Kier molecular flexibility index (Phi) is 9.00. The summed E-state index contributed by atoms with van der Waals surface area (Å²) in [6, 6.07) is 1.47. The maximum atomic E-state index is 12.1. The Bertz CT molecular complexity index is 687. The van der Waals surface area contributed by atoms with Crippen LogP contribution in [0.1, 0.15) is 6.42 Å².